The largest absolute Gasteiger partial charge is 0.396 e. The Morgan fingerprint density at radius 2 is 2.08 bits per heavy atom. The van der Waals surface area contributed by atoms with E-state index in [2.05, 4.69) is 26.1 Å². The molecule has 1 fully saturated rings. The SMILES string of the molecule is CCC(C)(CO)CNC1CC(C)C1. The third-order valence-corrected chi connectivity index (χ3v) is 3.43. The molecule has 2 N–H and O–H groups in total. The van der Waals surface area contributed by atoms with Crippen LogP contribution in [0.15, 0.2) is 0 Å². The summed E-state index contributed by atoms with van der Waals surface area (Å²) < 4.78 is 0. The van der Waals surface area contributed by atoms with Crippen molar-refractivity contribution >= 4 is 0 Å². The third-order valence-electron chi connectivity index (χ3n) is 3.43. The van der Waals surface area contributed by atoms with Gasteiger partial charge in [0.05, 0.1) is 0 Å². The van der Waals surface area contributed by atoms with Crippen LogP contribution in [-0.2, 0) is 0 Å². The summed E-state index contributed by atoms with van der Waals surface area (Å²) >= 11 is 0. The Kier molecular flexibility index (Phi) is 3.74. The van der Waals surface area contributed by atoms with Crippen LogP contribution in [0, 0.1) is 11.3 Å². The van der Waals surface area contributed by atoms with Crippen molar-refractivity contribution in [2.75, 3.05) is 13.2 Å². The Hall–Kier alpha value is -0.0800. The monoisotopic (exact) mass is 185 g/mol. The number of aliphatic hydroxyl groups is 1. The highest BCUT2D eigenvalue weighted by Gasteiger charge is 2.28. The lowest BCUT2D eigenvalue weighted by molar-refractivity contribution is 0.119. The zero-order valence-electron chi connectivity index (χ0n) is 9.14. The number of aliphatic hydroxyl groups excluding tert-OH is 1. The second kappa shape index (κ2) is 4.43. The molecule has 0 amide bonds. The number of hydrogen-bond donors (Lipinski definition) is 2. The molecule has 1 aliphatic carbocycles. The second-order valence-electron chi connectivity index (χ2n) is 4.98. The molecule has 1 rings (SSSR count). The van der Waals surface area contributed by atoms with Crippen LogP contribution in [0.5, 0.6) is 0 Å². The highest BCUT2D eigenvalue weighted by atomic mass is 16.3. The fourth-order valence-corrected chi connectivity index (χ4v) is 1.75. The van der Waals surface area contributed by atoms with E-state index in [1.807, 2.05) is 0 Å². The van der Waals surface area contributed by atoms with Gasteiger partial charge in [0.1, 0.15) is 0 Å². The van der Waals surface area contributed by atoms with Gasteiger partial charge in [0.2, 0.25) is 0 Å². The molecule has 0 aromatic carbocycles. The summed E-state index contributed by atoms with van der Waals surface area (Å²) in [6, 6.07) is 0.715. The van der Waals surface area contributed by atoms with Crippen LogP contribution < -0.4 is 5.32 Å². The minimum Gasteiger partial charge on any atom is -0.396 e. The van der Waals surface area contributed by atoms with Crippen molar-refractivity contribution in [3.63, 3.8) is 0 Å². The van der Waals surface area contributed by atoms with Crippen molar-refractivity contribution < 1.29 is 5.11 Å². The first-order chi connectivity index (χ1) is 6.09. The average molecular weight is 185 g/mol. The van der Waals surface area contributed by atoms with Crippen molar-refractivity contribution in [1.29, 1.82) is 0 Å². The van der Waals surface area contributed by atoms with Gasteiger partial charge in [-0.25, -0.2) is 0 Å². The molecule has 78 valence electrons. The smallest absolute Gasteiger partial charge is 0.0496 e. The van der Waals surface area contributed by atoms with Crippen LogP contribution in [0.3, 0.4) is 0 Å². The molecule has 0 bridgehead atoms. The van der Waals surface area contributed by atoms with Crippen LogP contribution in [-0.4, -0.2) is 24.3 Å². The maximum Gasteiger partial charge on any atom is 0.0496 e. The zero-order valence-corrected chi connectivity index (χ0v) is 9.14. The summed E-state index contributed by atoms with van der Waals surface area (Å²) in [7, 11) is 0. The standard InChI is InChI=1S/C11H23NO/c1-4-11(3,8-13)7-12-10-5-9(2)6-10/h9-10,12-13H,4-8H2,1-3H3. The lowest BCUT2D eigenvalue weighted by Crippen LogP contribution is -2.45. The van der Waals surface area contributed by atoms with E-state index >= 15 is 0 Å². The van der Waals surface area contributed by atoms with Gasteiger partial charge in [-0.1, -0.05) is 20.8 Å². The van der Waals surface area contributed by atoms with Gasteiger partial charge in [-0.3, -0.25) is 0 Å². The zero-order chi connectivity index (χ0) is 9.90. The summed E-state index contributed by atoms with van der Waals surface area (Å²) in [4.78, 5) is 0. The molecule has 1 unspecified atom stereocenters. The average Bonchev–Trinajstić information content (AvgIpc) is 2.10. The van der Waals surface area contributed by atoms with Gasteiger partial charge in [0, 0.05) is 24.6 Å². The molecule has 0 saturated heterocycles. The molecular formula is C11H23NO. The van der Waals surface area contributed by atoms with Gasteiger partial charge in [0.25, 0.3) is 0 Å². The summed E-state index contributed by atoms with van der Waals surface area (Å²) in [5.41, 5.74) is 0.0822. The lowest BCUT2D eigenvalue weighted by atomic mass is 9.80. The molecule has 1 aliphatic rings. The second-order valence-corrected chi connectivity index (χ2v) is 4.98. The topological polar surface area (TPSA) is 32.3 Å². The number of nitrogens with one attached hydrogen (secondary N) is 1. The van der Waals surface area contributed by atoms with Crippen LogP contribution in [0.25, 0.3) is 0 Å². The molecule has 1 atom stereocenters. The molecular weight excluding hydrogens is 162 g/mol. The first kappa shape index (κ1) is 11.0. The van der Waals surface area contributed by atoms with Gasteiger partial charge < -0.3 is 10.4 Å². The van der Waals surface area contributed by atoms with Gasteiger partial charge in [-0.15, -0.1) is 0 Å². The van der Waals surface area contributed by atoms with E-state index < -0.39 is 0 Å². The van der Waals surface area contributed by atoms with E-state index in [0.717, 1.165) is 18.9 Å². The fraction of sp³-hybridized carbons (Fsp3) is 1.00. The first-order valence-corrected chi connectivity index (χ1v) is 5.44. The molecule has 0 heterocycles. The first-order valence-electron chi connectivity index (χ1n) is 5.44. The van der Waals surface area contributed by atoms with Crippen LogP contribution in [0.1, 0.15) is 40.0 Å². The molecule has 1 saturated carbocycles. The molecule has 2 nitrogen and oxygen atoms in total. The van der Waals surface area contributed by atoms with E-state index in [1.54, 1.807) is 0 Å². The predicted molar refractivity (Wildman–Crippen MR) is 55.7 cm³/mol. The van der Waals surface area contributed by atoms with Gasteiger partial charge in [0.15, 0.2) is 0 Å². The van der Waals surface area contributed by atoms with Crippen molar-refractivity contribution in [3.8, 4) is 0 Å². The van der Waals surface area contributed by atoms with E-state index in [4.69, 9.17) is 0 Å². The molecule has 0 spiro atoms. The molecule has 0 aromatic heterocycles. The summed E-state index contributed by atoms with van der Waals surface area (Å²) in [5, 5.41) is 12.7. The maximum absolute atomic E-state index is 9.20. The Labute approximate surface area is 81.7 Å². The molecule has 2 heteroatoms. The number of rotatable bonds is 5. The van der Waals surface area contributed by atoms with Crippen molar-refractivity contribution in [2.45, 2.75) is 46.1 Å². The highest BCUT2D eigenvalue weighted by Crippen LogP contribution is 2.27. The maximum atomic E-state index is 9.20. The molecule has 13 heavy (non-hydrogen) atoms. The van der Waals surface area contributed by atoms with Crippen LogP contribution >= 0.6 is 0 Å². The van der Waals surface area contributed by atoms with Crippen molar-refractivity contribution in [2.24, 2.45) is 11.3 Å². The van der Waals surface area contributed by atoms with E-state index in [0.29, 0.717) is 12.6 Å². The fourth-order valence-electron chi connectivity index (χ4n) is 1.75. The Bertz CT molecular complexity index is 148. The normalized spacial score (nSPS) is 32.3. The van der Waals surface area contributed by atoms with E-state index in [1.165, 1.54) is 12.8 Å². The Balaban J connectivity index is 2.17. The molecule has 0 radical (unpaired) electrons. The van der Waals surface area contributed by atoms with Crippen LogP contribution in [0.2, 0.25) is 0 Å². The number of hydrogen-bond acceptors (Lipinski definition) is 2. The quantitative estimate of drug-likeness (QED) is 0.684. The summed E-state index contributed by atoms with van der Waals surface area (Å²) in [5.74, 6) is 0.902. The van der Waals surface area contributed by atoms with Gasteiger partial charge in [-0.2, -0.15) is 0 Å². The van der Waals surface area contributed by atoms with E-state index in [-0.39, 0.29) is 5.41 Å². The Morgan fingerprint density at radius 1 is 1.46 bits per heavy atom. The third kappa shape index (κ3) is 2.96. The minimum atomic E-state index is 0.0822. The van der Waals surface area contributed by atoms with Gasteiger partial charge >= 0.3 is 0 Å². The van der Waals surface area contributed by atoms with E-state index in [9.17, 15) is 5.11 Å². The summed E-state index contributed by atoms with van der Waals surface area (Å²) in [6.07, 6.45) is 3.66. The highest BCUT2D eigenvalue weighted by molar-refractivity contribution is 4.85. The molecule has 0 aliphatic heterocycles. The predicted octanol–water partition coefficient (Wildman–Crippen LogP) is 1.78. The van der Waals surface area contributed by atoms with Crippen molar-refractivity contribution in [3.05, 3.63) is 0 Å². The van der Waals surface area contributed by atoms with Crippen molar-refractivity contribution in [1.82, 2.24) is 5.32 Å². The van der Waals surface area contributed by atoms with Gasteiger partial charge in [-0.05, 0) is 25.2 Å². The molecule has 0 aromatic rings. The van der Waals surface area contributed by atoms with Crippen LogP contribution in [0.4, 0.5) is 0 Å². The minimum absolute atomic E-state index is 0.0822. The Morgan fingerprint density at radius 3 is 2.46 bits per heavy atom. The summed E-state index contributed by atoms with van der Waals surface area (Å²) in [6.45, 7) is 7.82. The lowest BCUT2D eigenvalue weighted by Gasteiger charge is -2.37.